The second kappa shape index (κ2) is 7.12. The largest absolute Gasteiger partial charge is 0.468 e. The molecule has 0 saturated carbocycles. The molecule has 1 atom stereocenters. The van der Waals surface area contributed by atoms with Crippen molar-refractivity contribution in [3.05, 3.63) is 0 Å². The maximum Gasteiger partial charge on any atom is 0.326 e. The van der Waals surface area contributed by atoms with E-state index in [0.29, 0.717) is 5.75 Å². The van der Waals surface area contributed by atoms with Gasteiger partial charge in [-0.05, 0) is 19.1 Å². The number of methoxy groups -OCH3 is 1. The van der Waals surface area contributed by atoms with Gasteiger partial charge in [0.25, 0.3) is 0 Å². The summed E-state index contributed by atoms with van der Waals surface area (Å²) < 4.78 is 4.62. The highest BCUT2D eigenvalue weighted by atomic mass is 32.2. The quantitative estimate of drug-likeness (QED) is 0.524. The fourth-order valence-electron chi connectivity index (χ4n) is 1.03. The predicted molar refractivity (Wildman–Crippen MR) is 61.5 cm³/mol. The van der Waals surface area contributed by atoms with E-state index in [0.717, 1.165) is 5.75 Å². The van der Waals surface area contributed by atoms with E-state index in [1.54, 1.807) is 18.7 Å². The van der Waals surface area contributed by atoms with E-state index in [-0.39, 0.29) is 5.97 Å². The summed E-state index contributed by atoms with van der Waals surface area (Å²) in [6.07, 6.45) is 3.66. The number of ether oxygens (including phenoxy) is 1. The number of unbranched alkanes of at least 4 members (excludes halogenated alkanes) is 2. The molecule has 0 aromatic heterocycles. The van der Waals surface area contributed by atoms with E-state index in [9.17, 15) is 4.79 Å². The highest BCUT2D eigenvalue weighted by Crippen LogP contribution is 2.14. The van der Waals surface area contributed by atoms with Crippen molar-refractivity contribution in [2.75, 3.05) is 18.6 Å². The smallest absolute Gasteiger partial charge is 0.326 e. The Morgan fingerprint density at radius 3 is 2.64 bits per heavy atom. The van der Waals surface area contributed by atoms with E-state index in [4.69, 9.17) is 5.73 Å². The average Bonchev–Trinajstić information content (AvgIpc) is 2.16. The maximum absolute atomic E-state index is 11.2. The number of rotatable bonds is 7. The van der Waals surface area contributed by atoms with Crippen LogP contribution >= 0.6 is 11.8 Å². The molecule has 0 rings (SSSR count). The molecule has 0 saturated heterocycles. The molecule has 0 aliphatic carbocycles. The van der Waals surface area contributed by atoms with Crippen LogP contribution in [0.2, 0.25) is 0 Å². The molecule has 0 radical (unpaired) electrons. The topological polar surface area (TPSA) is 52.3 Å². The second-order valence-electron chi connectivity index (χ2n) is 3.67. The number of hydrogen-bond acceptors (Lipinski definition) is 4. The molecule has 84 valence electrons. The van der Waals surface area contributed by atoms with Crippen molar-refractivity contribution < 1.29 is 9.53 Å². The molecule has 0 amide bonds. The summed E-state index contributed by atoms with van der Waals surface area (Å²) >= 11 is 1.72. The molecule has 3 nitrogen and oxygen atoms in total. The van der Waals surface area contributed by atoms with Gasteiger partial charge in [0.1, 0.15) is 5.54 Å². The second-order valence-corrected chi connectivity index (χ2v) is 4.77. The van der Waals surface area contributed by atoms with Gasteiger partial charge in [-0.2, -0.15) is 11.8 Å². The van der Waals surface area contributed by atoms with Gasteiger partial charge in [-0.1, -0.05) is 19.8 Å². The Hall–Kier alpha value is -0.220. The highest BCUT2D eigenvalue weighted by Gasteiger charge is 2.28. The molecule has 0 spiro atoms. The standard InChI is InChI=1S/C10H21NO2S/c1-4-5-6-7-14-8-10(2,11)9(12)13-3/h4-8,11H2,1-3H3. The fraction of sp³-hybridized carbons (Fsp3) is 0.900. The van der Waals surface area contributed by atoms with Crippen molar-refractivity contribution in [1.29, 1.82) is 0 Å². The van der Waals surface area contributed by atoms with Crippen LogP contribution in [-0.4, -0.2) is 30.1 Å². The number of thioether (sulfide) groups is 1. The Labute approximate surface area is 90.8 Å². The first kappa shape index (κ1) is 13.8. The van der Waals surface area contributed by atoms with Crippen molar-refractivity contribution in [3.8, 4) is 0 Å². The number of esters is 1. The van der Waals surface area contributed by atoms with Crippen molar-refractivity contribution in [2.24, 2.45) is 5.73 Å². The monoisotopic (exact) mass is 219 g/mol. The van der Waals surface area contributed by atoms with Gasteiger partial charge in [-0.15, -0.1) is 0 Å². The lowest BCUT2D eigenvalue weighted by atomic mass is 10.1. The summed E-state index contributed by atoms with van der Waals surface area (Å²) in [7, 11) is 1.37. The minimum atomic E-state index is -0.842. The first-order valence-electron chi connectivity index (χ1n) is 4.99. The molecule has 4 heteroatoms. The van der Waals surface area contributed by atoms with Gasteiger partial charge in [0, 0.05) is 5.75 Å². The molecule has 0 bridgehead atoms. The zero-order chi connectivity index (χ0) is 11.0. The number of carbonyl (C=O) groups excluding carboxylic acids is 1. The third-order valence-electron chi connectivity index (χ3n) is 1.95. The molecule has 0 aliphatic heterocycles. The van der Waals surface area contributed by atoms with E-state index in [2.05, 4.69) is 11.7 Å². The van der Waals surface area contributed by atoms with Gasteiger partial charge < -0.3 is 10.5 Å². The molecule has 2 N–H and O–H groups in total. The van der Waals surface area contributed by atoms with Gasteiger partial charge in [-0.25, -0.2) is 0 Å². The Kier molecular flexibility index (Phi) is 7.01. The van der Waals surface area contributed by atoms with Gasteiger partial charge in [0.05, 0.1) is 7.11 Å². The molecule has 14 heavy (non-hydrogen) atoms. The molecule has 0 aromatic rings. The molecular formula is C10H21NO2S. The summed E-state index contributed by atoms with van der Waals surface area (Å²) in [6.45, 7) is 3.89. The summed E-state index contributed by atoms with van der Waals surface area (Å²) in [4.78, 5) is 11.2. The average molecular weight is 219 g/mol. The SMILES string of the molecule is CCCCCSCC(C)(N)C(=O)OC. The number of hydrogen-bond donors (Lipinski definition) is 1. The molecule has 0 aliphatic rings. The van der Waals surface area contributed by atoms with Crippen LogP contribution < -0.4 is 5.73 Å². The van der Waals surface area contributed by atoms with E-state index in [1.807, 2.05) is 0 Å². The minimum absolute atomic E-state index is 0.333. The van der Waals surface area contributed by atoms with Crippen LogP contribution in [0.3, 0.4) is 0 Å². The van der Waals surface area contributed by atoms with Crippen LogP contribution in [-0.2, 0) is 9.53 Å². The van der Waals surface area contributed by atoms with Gasteiger partial charge >= 0.3 is 5.97 Å². The maximum atomic E-state index is 11.2. The molecular weight excluding hydrogens is 198 g/mol. The first-order chi connectivity index (χ1) is 6.54. The third kappa shape index (κ3) is 5.50. The van der Waals surface area contributed by atoms with Gasteiger partial charge in [-0.3, -0.25) is 4.79 Å². The van der Waals surface area contributed by atoms with Crippen LogP contribution in [0.4, 0.5) is 0 Å². The summed E-state index contributed by atoms with van der Waals surface area (Å²) in [5, 5.41) is 0. The molecule has 0 aromatic carbocycles. The van der Waals surface area contributed by atoms with Crippen LogP contribution in [0.5, 0.6) is 0 Å². The lowest BCUT2D eigenvalue weighted by Gasteiger charge is -2.20. The lowest BCUT2D eigenvalue weighted by Crippen LogP contribution is -2.48. The lowest BCUT2D eigenvalue weighted by molar-refractivity contribution is -0.145. The van der Waals surface area contributed by atoms with Crippen molar-refractivity contribution >= 4 is 17.7 Å². The zero-order valence-electron chi connectivity index (χ0n) is 9.34. The van der Waals surface area contributed by atoms with Gasteiger partial charge in [0.2, 0.25) is 0 Å². The molecule has 1 unspecified atom stereocenters. The van der Waals surface area contributed by atoms with Crippen LogP contribution in [0.15, 0.2) is 0 Å². The Morgan fingerprint density at radius 1 is 1.50 bits per heavy atom. The summed E-state index contributed by atoms with van der Waals surface area (Å²) in [5.74, 6) is 1.36. The van der Waals surface area contributed by atoms with E-state index >= 15 is 0 Å². The Morgan fingerprint density at radius 2 is 2.14 bits per heavy atom. The molecule has 0 heterocycles. The third-order valence-corrected chi connectivity index (χ3v) is 3.33. The van der Waals surface area contributed by atoms with Crippen molar-refractivity contribution in [2.45, 2.75) is 38.6 Å². The molecule has 0 fully saturated rings. The van der Waals surface area contributed by atoms with Crippen molar-refractivity contribution in [3.63, 3.8) is 0 Å². The number of carbonyl (C=O) groups is 1. The number of nitrogens with two attached hydrogens (primary N) is 1. The van der Waals surface area contributed by atoms with Crippen LogP contribution in [0.25, 0.3) is 0 Å². The van der Waals surface area contributed by atoms with E-state index in [1.165, 1.54) is 26.4 Å². The first-order valence-corrected chi connectivity index (χ1v) is 6.15. The normalized spacial score (nSPS) is 14.9. The Bertz CT molecular complexity index is 172. The predicted octanol–water partition coefficient (Wildman–Crippen LogP) is 1.80. The summed E-state index contributed by atoms with van der Waals surface area (Å²) in [5.41, 5.74) is 4.95. The Balaban J connectivity index is 3.60. The summed E-state index contributed by atoms with van der Waals surface area (Å²) in [6, 6.07) is 0. The highest BCUT2D eigenvalue weighted by molar-refractivity contribution is 7.99. The van der Waals surface area contributed by atoms with Crippen LogP contribution in [0.1, 0.15) is 33.1 Å². The van der Waals surface area contributed by atoms with E-state index < -0.39 is 5.54 Å². The van der Waals surface area contributed by atoms with Crippen LogP contribution in [0, 0.1) is 0 Å². The van der Waals surface area contributed by atoms with Gasteiger partial charge in [0.15, 0.2) is 0 Å². The fourth-order valence-corrected chi connectivity index (χ4v) is 2.12. The minimum Gasteiger partial charge on any atom is -0.468 e. The zero-order valence-corrected chi connectivity index (χ0v) is 10.2. The van der Waals surface area contributed by atoms with Crippen molar-refractivity contribution in [1.82, 2.24) is 0 Å².